The highest BCUT2D eigenvalue weighted by Crippen LogP contribution is 1.92. The molecule has 0 bridgehead atoms. The van der Waals surface area contributed by atoms with Crippen LogP contribution in [0.2, 0.25) is 0 Å². The summed E-state index contributed by atoms with van der Waals surface area (Å²) in [5.74, 6) is 0.822. The monoisotopic (exact) mass is 113 g/mol. The first kappa shape index (κ1) is 7.21. The Morgan fingerprint density at radius 2 is 2.12 bits per heavy atom. The lowest BCUT2D eigenvalue weighted by Crippen LogP contribution is -1.75. The van der Waals surface area contributed by atoms with Crippen LogP contribution in [0.5, 0.6) is 0 Å². The van der Waals surface area contributed by atoms with Crippen molar-refractivity contribution in [2.24, 2.45) is 5.16 Å². The summed E-state index contributed by atoms with van der Waals surface area (Å²) in [6, 6.07) is 0. The summed E-state index contributed by atoms with van der Waals surface area (Å²) in [4.78, 5) is 4.77. The molecule has 2 nitrogen and oxygen atoms in total. The van der Waals surface area contributed by atoms with E-state index in [1.165, 1.54) is 0 Å². The van der Waals surface area contributed by atoms with Gasteiger partial charge >= 0.3 is 0 Å². The van der Waals surface area contributed by atoms with Crippen LogP contribution in [-0.4, -0.2) is 6.21 Å². The quantitative estimate of drug-likeness (QED) is 0.304. The molecule has 0 aliphatic rings. The Morgan fingerprint density at radius 1 is 1.50 bits per heavy atom. The van der Waals surface area contributed by atoms with Gasteiger partial charge in [-0.1, -0.05) is 5.16 Å². The molecule has 0 aromatic carbocycles. The van der Waals surface area contributed by atoms with E-state index in [4.69, 9.17) is 4.84 Å². The van der Waals surface area contributed by atoms with Crippen molar-refractivity contribution in [2.75, 3.05) is 0 Å². The molecule has 0 spiro atoms. The lowest BCUT2D eigenvalue weighted by Gasteiger charge is -1.91. The molecule has 0 aromatic heterocycles. The van der Waals surface area contributed by atoms with Gasteiger partial charge in [0.2, 0.25) is 0 Å². The Morgan fingerprint density at radius 3 is 2.50 bits per heavy atom. The van der Waals surface area contributed by atoms with E-state index < -0.39 is 0 Å². The second-order valence-corrected chi connectivity index (χ2v) is 1.35. The zero-order valence-electron chi connectivity index (χ0n) is 5.51. The third kappa shape index (κ3) is 3.40. The topological polar surface area (TPSA) is 21.6 Å². The van der Waals surface area contributed by atoms with Crippen molar-refractivity contribution in [1.29, 1.82) is 0 Å². The third-order valence-corrected chi connectivity index (χ3v) is 0.709. The van der Waals surface area contributed by atoms with Gasteiger partial charge in [-0.15, -0.1) is 0 Å². The highest BCUT2D eigenvalue weighted by molar-refractivity contribution is 5.52. The molecule has 0 aliphatic heterocycles. The molecule has 0 fully saturated rings. The second kappa shape index (κ2) is 4.37. The zero-order chi connectivity index (χ0) is 6.41. The Labute approximate surface area is 49.8 Å². The maximum absolute atomic E-state index is 4.77. The van der Waals surface area contributed by atoms with Crippen molar-refractivity contribution in [1.82, 2.24) is 0 Å². The smallest absolute Gasteiger partial charge is 0.127 e. The number of oxime groups is 1. The number of hydrogen-bond donors (Lipinski definition) is 0. The summed E-state index contributed by atoms with van der Waals surface area (Å²) in [7, 11) is 0. The van der Waals surface area contributed by atoms with E-state index in [1.54, 1.807) is 6.21 Å². The molecular weight excluding hydrogens is 102 g/mol. The second-order valence-electron chi connectivity index (χ2n) is 1.35. The molecule has 0 aromatic rings. The molecule has 0 heterocycles. The largest absolute Gasteiger partial charge is 0.362 e. The molecule has 0 saturated carbocycles. The molecule has 8 heavy (non-hydrogen) atoms. The molecule has 2 heteroatoms. The van der Waals surface area contributed by atoms with Gasteiger partial charge in [0.25, 0.3) is 0 Å². The van der Waals surface area contributed by atoms with Gasteiger partial charge in [0, 0.05) is 6.21 Å². The van der Waals surface area contributed by atoms with Crippen molar-refractivity contribution in [3.63, 3.8) is 0 Å². The van der Waals surface area contributed by atoms with Crippen molar-refractivity contribution < 1.29 is 4.84 Å². The van der Waals surface area contributed by atoms with Gasteiger partial charge in [-0.3, -0.25) is 0 Å². The van der Waals surface area contributed by atoms with Gasteiger partial charge in [-0.2, -0.15) is 0 Å². The van der Waals surface area contributed by atoms with Crippen LogP contribution in [0, 0.1) is 0 Å². The molecule has 0 radical (unpaired) electrons. The van der Waals surface area contributed by atoms with E-state index in [2.05, 4.69) is 5.16 Å². The first-order valence-electron chi connectivity index (χ1n) is 2.59. The standard InChI is InChI=1S/C6H11NO/c1-4-6(3)8-7-5-2/h4-5H,1-3H3/b6-4-,7-5-. The lowest BCUT2D eigenvalue weighted by atomic mass is 10.5. The average Bonchev–Trinajstić information content (AvgIpc) is 1.83. The van der Waals surface area contributed by atoms with Gasteiger partial charge in [-0.05, 0) is 26.8 Å². The molecule has 0 unspecified atom stereocenters. The fourth-order valence-corrected chi connectivity index (χ4v) is 0.189. The third-order valence-electron chi connectivity index (χ3n) is 0.709. The molecular formula is C6H11NO. The van der Waals surface area contributed by atoms with Gasteiger partial charge in [0.1, 0.15) is 5.76 Å². The summed E-state index contributed by atoms with van der Waals surface area (Å²) >= 11 is 0. The molecule has 0 amide bonds. The first-order chi connectivity index (χ1) is 3.81. The predicted molar refractivity (Wildman–Crippen MR) is 34.7 cm³/mol. The summed E-state index contributed by atoms with van der Waals surface area (Å²) in [6.07, 6.45) is 3.46. The van der Waals surface area contributed by atoms with Crippen LogP contribution in [0.3, 0.4) is 0 Å². The van der Waals surface area contributed by atoms with E-state index in [9.17, 15) is 0 Å². The van der Waals surface area contributed by atoms with E-state index in [0.717, 1.165) is 5.76 Å². The normalized spacial score (nSPS) is 12.6. The Balaban J connectivity index is 3.40. The van der Waals surface area contributed by atoms with E-state index in [-0.39, 0.29) is 0 Å². The van der Waals surface area contributed by atoms with Crippen molar-refractivity contribution >= 4 is 6.21 Å². The van der Waals surface area contributed by atoms with Crippen LogP contribution >= 0.6 is 0 Å². The Bertz CT molecular complexity index is 105. The van der Waals surface area contributed by atoms with Crippen LogP contribution < -0.4 is 0 Å². The van der Waals surface area contributed by atoms with E-state index >= 15 is 0 Å². The van der Waals surface area contributed by atoms with Crippen LogP contribution in [0.25, 0.3) is 0 Å². The first-order valence-corrected chi connectivity index (χ1v) is 2.59. The summed E-state index contributed by atoms with van der Waals surface area (Å²) in [6.45, 7) is 5.57. The number of nitrogens with zero attached hydrogens (tertiary/aromatic N) is 1. The van der Waals surface area contributed by atoms with E-state index in [1.807, 2.05) is 26.8 Å². The summed E-state index contributed by atoms with van der Waals surface area (Å²) < 4.78 is 0. The molecule has 0 rings (SSSR count). The molecule has 46 valence electrons. The molecule has 0 atom stereocenters. The lowest BCUT2D eigenvalue weighted by molar-refractivity contribution is 0.230. The fraction of sp³-hybridized carbons (Fsp3) is 0.500. The zero-order valence-corrected chi connectivity index (χ0v) is 5.51. The van der Waals surface area contributed by atoms with E-state index in [0.29, 0.717) is 0 Å². The van der Waals surface area contributed by atoms with Crippen LogP contribution in [0.4, 0.5) is 0 Å². The number of hydrogen-bond acceptors (Lipinski definition) is 2. The van der Waals surface area contributed by atoms with Crippen LogP contribution in [-0.2, 0) is 4.84 Å². The number of allylic oxidation sites excluding steroid dienone is 2. The number of rotatable bonds is 2. The summed E-state index contributed by atoms with van der Waals surface area (Å²) in [5, 5.41) is 3.55. The van der Waals surface area contributed by atoms with Gasteiger partial charge in [0.15, 0.2) is 0 Å². The van der Waals surface area contributed by atoms with Gasteiger partial charge in [-0.25, -0.2) is 0 Å². The van der Waals surface area contributed by atoms with Gasteiger partial charge in [0.05, 0.1) is 0 Å². The van der Waals surface area contributed by atoms with Crippen molar-refractivity contribution in [3.05, 3.63) is 11.8 Å². The van der Waals surface area contributed by atoms with Gasteiger partial charge < -0.3 is 4.84 Å². The van der Waals surface area contributed by atoms with Crippen LogP contribution in [0.1, 0.15) is 20.8 Å². The minimum atomic E-state index is 0.822. The van der Waals surface area contributed by atoms with Crippen LogP contribution in [0.15, 0.2) is 17.0 Å². The molecule has 0 saturated heterocycles. The maximum Gasteiger partial charge on any atom is 0.127 e. The fourth-order valence-electron chi connectivity index (χ4n) is 0.189. The molecule has 0 N–H and O–H groups in total. The Hall–Kier alpha value is -0.790. The highest BCUT2D eigenvalue weighted by Gasteiger charge is 1.78. The minimum absolute atomic E-state index is 0.822. The minimum Gasteiger partial charge on any atom is -0.362 e. The Kier molecular flexibility index (Phi) is 3.94. The molecule has 0 aliphatic carbocycles. The SMILES string of the molecule is C/C=N\O/C(C)=C\C. The highest BCUT2D eigenvalue weighted by atomic mass is 16.6. The average molecular weight is 113 g/mol. The predicted octanol–water partition coefficient (Wildman–Crippen LogP) is 1.93. The summed E-state index contributed by atoms with van der Waals surface area (Å²) in [5.41, 5.74) is 0. The maximum atomic E-state index is 4.77. The van der Waals surface area contributed by atoms with Crippen molar-refractivity contribution in [2.45, 2.75) is 20.8 Å². The van der Waals surface area contributed by atoms with Crippen molar-refractivity contribution in [3.8, 4) is 0 Å².